The molecule has 3 rings (SSSR count). The molecule has 26 heavy (non-hydrogen) atoms. The highest BCUT2D eigenvalue weighted by Gasteiger charge is 2.10. The number of nitrogens with one attached hydrogen (secondary N) is 2. The number of aromatic nitrogens is 2. The summed E-state index contributed by atoms with van der Waals surface area (Å²) < 4.78 is 5.10. The van der Waals surface area contributed by atoms with Crippen molar-refractivity contribution in [2.45, 2.75) is 6.92 Å². The summed E-state index contributed by atoms with van der Waals surface area (Å²) in [6.45, 7) is 1.96. The minimum atomic E-state index is -0.330. The maximum atomic E-state index is 12.4. The minimum absolute atomic E-state index is 0.248. The van der Waals surface area contributed by atoms with E-state index < -0.39 is 0 Å². The molecule has 7 heteroatoms. The molecule has 6 nitrogen and oxygen atoms in total. The van der Waals surface area contributed by atoms with Crippen LogP contribution in [0, 0.1) is 6.92 Å². The topological polar surface area (TPSA) is 76.1 Å². The first-order valence-corrected chi connectivity index (χ1v) is 8.23. The lowest BCUT2D eigenvalue weighted by atomic mass is 10.2. The molecule has 0 bridgehead atoms. The molecule has 1 aromatic heterocycles. The number of anilines is 3. The Kier molecular flexibility index (Phi) is 5.34. The van der Waals surface area contributed by atoms with Crippen LogP contribution in [0.25, 0.3) is 0 Å². The molecule has 0 atom stereocenters. The zero-order chi connectivity index (χ0) is 18.5. The molecule has 0 aliphatic carbocycles. The Morgan fingerprint density at radius 1 is 1.08 bits per heavy atom. The fourth-order valence-corrected chi connectivity index (χ4v) is 2.46. The van der Waals surface area contributed by atoms with Gasteiger partial charge in [0.25, 0.3) is 5.91 Å². The second-order valence-corrected chi connectivity index (χ2v) is 5.99. The van der Waals surface area contributed by atoms with Crippen molar-refractivity contribution >= 4 is 34.7 Å². The Morgan fingerprint density at radius 2 is 1.85 bits per heavy atom. The number of nitrogens with zero attached hydrogens (tertiary/aromatic N) is 2. The van der Waals surface area contributed by atoms with E-state index in [9.17, 15) is 4.79 Å². The summed E-state index contributed by atoms with van der Waals surface area (Å²) in [6, 6.07) is 14.2. The molecule has 132 valence electrons. The molecule has 0 aliphatic heterocycles. The molecule has 2 aromatic carbocycles. The third-order valence-corrected chi connectivity index (χ3v) is 3.95. The molecule has 2 N–H and O–H groups in total. The maximum Gasteiger partial charge on any atom is 0.274 e. The van der Waals surface area contributed by atoms with Gasteiger partial charge in [0.2, 0.25) is 0 Å². The van der Waals surface area contributed by atoms with Gasteiger partial charge in [-0.25, -0.2) is 9.97 Å². The van der Waals surface area contributed by atoms with Gasteiger partial charge in [-0.05, 0) is 48.9 Å². The summed E-state index contributed by atoms with van der Waals surface area (Å²) in [7, 11) is 1.59. The van der Waals surface area contributed by atoms with Crippen molar-refractivity contribution < 1.29 is 9.53 Å². The van der Waals surface area contributed by atoms with Crippen LogP contribution in [0.3, 0.4) is 0 Å². The number of carbonyl (C=O) groups excluding carboxylic acids is 1. The van der Waals surface area contributed by atoms with E-state index >= 15 is 0 Å². The number of halogens is 1. The van der Waals surface area contributed by atoms with Crippen LogP contribution < -0.4 is 15.4 Å². The van der Waals surface area contributed by atoms with Gasteiger partial charge in [0, 0.05) is 22.5 Å². The highest BCUT2D eigenvalue weighted by atomic mass is 35.5. The molecule has 0 saturated carbocycles. The predicted molar refractivity (Wildman–Crippen MR) is 102 cm³/mol. The Bertz CT molecular complexity index is 929. The highest BCUT2D eigenvalue weighted by Crippen LogP contribution is 2.23. The van der Waals surface area contributed by atoms with Crippen molar-refractivity contribution in [1.82, 2.24) is 9.97 Å². The molecular weight excluding hydrogens is 352 g/mol. The van der Waals surface area contributed by atoms with Gasteiger partial charge in [-0.1, -0.05) is 17.7 Å². The van der Waals surface area contributed by atoms with Crippen LogP contribution >= 0.6 is 11.6 Å². The monoisotopic (exact) mass is 368 g/mol. The standard InChI is InChI=1S/C19H17ClN4O2/c1-12-3-4-13(20)9-16(12)24-18-10-17(21-11-22-18)19(25)23-14-5-7-15(26-2)8-6-14/h3-11H,1-2H3,(H,23,25)(H,21,22,24). The summed E-state index contributed by atoms with van der Waals surface area (Å²) >= 11 is 6.03. The third kappa shape index (κ3) is 4.29. The molecule has 0 aliphatic rings. The minimum Gasteiger partial charge on any atom is -0.497 e. The van der Waals surface area contributed by atoms with Gasteiger partial charge >= 0.3 is 0 Å². The van der Waals surface area contributed by atoms with Crippen LogP contribution in [0.5, 0.6) is 5.75 Å². The number of benzene rings is 2. The van der Waals surface area contributed by atoms with Gasteiger partial charge in [0.15, 0.2) is 0 Å². The van der Waals surface area contributed by atoms with Gasteiger partial charge in [-0.3, -0.25) is 4.79 Å². The van der Waals surface area contributed by atoms with E-state index in [2.05, 4.69) is 20.6 Å². The number of amides is 1. The van der Waals surface area contributed by atoms with Crippen molar-refractivity contribution in [1.29, 1.82) is 0 Å². The first-order chi connectivity index (χ1) is 12.5. The second kappa shape index (κ2) is 7.84. The first kappa shape index (κ1) is 17.7. The maximum absolute atomic E-state index is 12.4. The van der Waals surface area contributed by atoms with Crippen LogP contribution in [0.4, 0.5) is 17.2 Å². The van der Waals surface area contributed by atoms with Gasteiger partial charge < -0.3 is 15.4 Å². The normalized spacial score (nSPS) is 10.3. The van der Waals surface area contributed by atoms with E-state index in [4.69, 9.17) is 16.3 Å². The van der Waals surface area contributed by atoms with Crippen molar-refractivity contribution in [2.24, 2.45) is 0 Å². The largest absolute Gasteiger partial charge is 0.497 e. The fraction of sp³-hybridized carbons (Fsp3) is 0.105. The third-order valence-electron chi connectivity index (χ3n) is 3.71. The Hall–Kier alpha value is -3.12. The Labute approximate surface area is 156 Å². The molecular formula is C19H17ClN4O2. The lowest BCUT2D eigenvalue weighted by molar-refractivity contribution is 0.102. The SMILES string of the molecule is COc1ccc(NC(=O)c2cc(Nc3cc(Cl)ccc3C)ncn2)cc1. The molecule has 0 unspecified atom stereocenters. The summed E-state index contributed by atoms with van der Waals surface area (Å²) in [5, 5.41) is 6.56. The van der Waals surface area contributed by atoms with Crippen LogP contribution in [0.1, 0.15) is 16.1 Å². The zero-order valence-corrected chi connectivity index (χ0v) is 15.0. The average Bonchev–Trinajstić information content (AvgIpc) is 2.65. The molecule has 0 fully saturated rings. The Morgan fingerprint density at radius 3 is 2.58 bits per heavy atom. The van der Waals surface area contributed by atoms with Crippen molar-refractivity contribution in [3.63, 3.8) is 0 Å². The lowest BCUT2D eigenvalue weighted by Gasteiger charge is -2.10. The number of carbonyl (C=O) groups is 1. The number of rotatable bonds is 5. The first-order valence-electron chi connectivity index (χ1n) is 7.86. The summed E-state index contributed by atoms with van der Waals surface area (Å²) in [4.78, 5) is 20.6. The number of hydrogen-bond acceptors (Lipinski definition) is 5. The summed E-state index contributed by atoms with van der Waals surface area (Å²) in [5.74, 6) is 0.891. The Balaban J connectivity index is 1.75. The van der Waals surface area contributed by atoms with E-state index in [0.29, 0.717) is 22.3 Å². The van der Waals surface area contributed by atoms with Crippen LogP contribution in [0.2, 0.25) is 5.02 Å². The molecule has 3 aromatic rings. The molecule has 1 heterocycles. The van der Waals surface area contributed by atoms with E-state index in [-0.39, 0.29) is 11.6 Å². The fourth-order valence-electron chi connectivity index (χ4n) is 2.29. The van der Waals surface area contributed by atoms with Crippen molar-refractivity contribution in [3.8, 4) is 5.75 Å². The van der Waals surface area contributed by atoms with Gasteiger partial charge in [-0.15, -0.1) is 0 Å². The van der Waals surface area contributed by atoms with E-state index in [0.717, 1.165) is 11.3 Å². The van der Waals surface area contributed by atoms with Crippen molar-refractivity contribution in [2.75, 3.05) is 17.7 Å². The zero-order valence-electron chi connectivity index (χ0n) is 14.3. The lowest BCUT2D eigenvalue weighted by Crippen LogP contribution is -2.14. The van der Waals surface area contributed by atoms with E-state index in [1.54, 1.807) is 43.5 Å². The molecule has 1 amide bonds. The number of ether oxygens (including phenoxy) is 1. The van der Waals surface area contributed by atoms with Crippen LogP contribution in [-0.2, 0) is 0 Å². The van der Waals surface area contributed by atoms with E-state index in [1.165, 1.54) is 6.33 Å². The van der Waals surface area contributed by atoms with Gasteiger partial charge in [0.05, 0.1) is 7.11 Å². The summed E-state index contributed by atoms with van der Waals surface area (Å²) in [6.07, 6.45) is 1.34. The van der Waals surface area contributed by atoms with Crippen LogP contribution in [-0.4, -0.2) is 23.0 Å². The number of hydrogen-bond donors (Lipinski definition) is 2. The highest BCUT2D eigenvalue weighted by molar-refractivity contribution is 6.30. The average molecular weight is 369 g/mol. The summed E-state index contributed by atoms with van der Waals surface area (Å²) in [5.41, 5.74) is 2.72. The number of aryl methyl sites for hydroxylation is 1. The predicted octanol–water partition coefficient (Wildman–Crippen LogP) is 4.44. The molecule has 0 spiro atoms. The van der Waals surface area contributed by atoms with Gasteiger partial charge in [0.1, 0.15) is 23.6 Å². The van der Waals surface area contributed by atoms with E-state index in [1.807, 2.05) is 19.1 Å². The van der Waals surface area contributed by atoms with Crippen LogP contribution in [0.15, 0.2) is 54.9 Å². The quantitative estimate of drug-likeness (QED) is 0.696. The van der Waals surface area contributed by atoms with Crippen molar-refractivity contribution in [3.05, 3.63) is 71.1 Å². The number of methoxy groups -OCH3 is 1. The molecule has 0 radical (unpaired) electrons. The smallest absolute Gasteiger partial charge is 0.274 e. The molecule has 0 saturated heterocycles. The second-order valence-electron chi connectivity index (χ2n) is 5.56. The van der Waals surface area contributed by atoms with Gasteiger partial charge in [-0.2, -0.15) is 0 Å².